The first-order chi connectivity index (χ1) is 7.36. The minimum atomic E-state index is -3.87. The summed E-state index contributed by atoms with van der Waals surface area (Å²) >= 11 is 0. The van der Waals surface area contributed by atoms with Gasteiger partial charge in [-0.25, -0.2) is 0 Å². The maximum Gasteiger partial charge on any atom is 0.285 e. The predicted molar refractivity (Wildman–Crippen MR) is 63.2 cm³/mol. The van der Waals surface area contributed by atoms with Crippen molar-refractivity contribution < 1.29 is 8.42 Å². The lowest BCUT2D eigenvalue weighted by molar-refractivity contribution is 0.597. The molecule has 0 fully saturated rings. The molecule has 6 N–H and O–H groups in total. The Hall–Kier alpha value is -1.76. The van der Waals surface area contributed by atoms with Crippen molar-refractivity contribution >= 4 is 21.7 Å². The van der Waals surface area contributed by atoms with Crippen molar-refractivity contribution in [2.45, 2.75) is 18.2 Å². The van der Waals surface area contributed by atoms with Crippen LogP contribution in [0.15, 0.2) is 27.5 Å². The van der Waals surface area contributed by atoms with E-state index < -0.39 is 16.0 Å². The SMILES string of the molecule is CCc1ccc(N)cc1S(=O)(=O)N=C(N)N. The molecule has 0 aliphatic heterocycles. The summed E-state index contributed by atoms with van der Waals surface area (Å²) in [6.45, 7) is 1.83. The van der Waals surface area contributed by atoms with Crippen molar-refractivity contribution in [3.8, 4) is 0 Å². The van der Waals surface area contributed by atoms with Crippen LogP contribution in [-0.4, -0.2) is 14.4 Å². The molecule has 0 heterocycles. The van der Waals surface area contributed by atoms with Crippen LogP contribution >= 0.6 is 0 Å². The van der Waals surface area contributed by atoms with Crippen molar-refractivity contribution in [1.82, 2.24) is 0 Å². The molecular weight excluding hydrogens is 228 g/mol. The van der Waals surface area contributed by atoms with Crippen LogP contribution < -0.4 is 17.2 Å². The Kier molecular flexibility index (Phi) is 3.38. The van der Waals surface area contributed by atoms with Crippen LogP contribution in [0.25, 0.3) is 0 Å². The highest BCUT2D eigenvalue weighted by atomic mass is 32.2. The van der Waals surface area contributed by atoms with Crippen molar-refractivity contribution in [3.63, 3.8) is 0 Å². The van der Waals surface area contributed by atoms with E-state index in [-0.39, 0.29) is 4.90 Å². The zero-order valence-electron chi connectivity index (χ0n) is 8.84. The number of hydrogen-bond acceptors (Lipinski definition) is 3. The van der Waals surface area contributed by atoms with Gasteiger partial charge in [0.05, 0.1) is 4.90 Å². The Balaban J connectivity index is 3.43. The van der Waals surface area contributed by atoms with E-state index >= 15 is 0 Å². The topological polar surface area (TPSA) is 125 Å². The maximum absolute atomic E-state index is 11.8. The van der Waals surface area contributed by atoms with Gasteiger partial charge in [0.2, 0.25) is 5.96 Å². The van der Waals surface area contributed by atoms with Gasteiger partial charge in [-0.3, -0.25) is 0 Å². The summed E-state index contributed by atoms with van der Waals surface area (Å²) in [5.74, 6) is -0.496. The number of nitrogens with zero attached hydrogens (tertiary/aromatic N) is 1. The molecule has 0 saturated heterocycles. The summed E-state index contributed by atoms with van der Waals surface area (Å²) in [5.41, 5.74) is 16.6. The molecule has 88 valence electrons. The smallest absolute Gasteiger partial charge is 0.285 e. The van der Waals surface area contributed by atoms with Crippen molar-refractivity contribution in [2.75, 3.05) is 5.73 Å². The Morgan fingerprint density at radius 3 is 2.50 bits per heavy atom. The van der Waals surface area contributed by atoms with Crippen LogP contribution in [0.1, 0.15) is 12.5 Å². The summed E-state index contributed by atoms with van der Waals surface area (Å²) in [4.78, 5) is 0.0448. The molecule has 0 aliphatic rings. The number of nitrogens with two attached hydrogens (primary N) is 3. The van der Waals surface area contributed by atoms with Crippen molar-refractivity contribution in [2.24, 2.45) is 15.9 Å². The highest BCUT2D eigenvalue weighted by molar-refractivity contribution is 7.90. The minimum absolute atomic E-state index is 0.0448. The van der Waals surface area contributed by atoms with E-state index in [1.165, 1.54) is 6.07 Å². The van der Waals surface area contributed by atoms with Gasteiger partial charge in [-0.2, -0.15) is 8.42 Å². The molecule has 0 radical (unpaired) electrons. The second-order valence-corrected chi connectivity index (χ2v) is 4.78. The number of nitrogen functional groups attached to an aromatic ring is 1. The Bertz CT molecular complexity index is 518. The van der Waals surface area contributed by atoms with Gasteiger partial charge in [0, 0.05) is 5.69 Å². The summed E-state index contributed by atoms with van der Waals surface area (Å²) in [6, 6.07) is 4.62. The molecule has 16 heavy (non-hydrogen) atoms. The van der Waals surface area contributed by atoms with Gasteiger partial charge in [-0.1, -0.05) is 13.0 Å². The predicted octanol–water partition coefficient (Wildman–Crippen LogP) is -0.207. The van der Waals surface area contributed by atoms with E-state index in [0.29, 0.717) is 17.7 Å². The van der Waals surface area contributed by atoms with Gasteiger partial charge in [0.15, 0.2) is 0 Å². The van der Waals surface area contributed by atoms with E-state index in [1.807, 2.05) is 6.92 Å². The lowest BCUT2D eigenvalue weighted by Crippen LogP contribution is -2.24. The lowest BCUT2D eigenvalue weighted by atomic mass is 10.1. The van der Waals surface area contributed by atoms with Crippen LogP contribution in [0.2, 0.25) is 0 Å². The summed E-state index contributed by atoms with van der Waals surface area (Å²) in [7, 11) is -3.87. The first-order valence-electron chi connectivity index (χ1n) is 4.61. The molecule has 0 bridgehead atoms. The Morgan fingerprint density at radius 2 is 2.00 bits per heavy atom. The summed E-state index contributed by atoms with van der Waals surface area (Å²) < 4.78 is 26.8. The number of aryl methyl sites for hydroxylation is 1. The fourth-order valence-electron chi connectivity index (χ4n) is 1.29. The number of hydrogen-bond donors (Lipinski definition) is 3. The Morgan fingerprint density at radius 1 is 1.38 bits per heavy atom. The molecular formula is C9H14N4O2S. The molecule has 1 aromatic carbocycles. The van der Waals surface area contributed by atoms with Crippen LogP contribution in [-0.2, 0) is 16.4 Å². The molecule has 7 heteroatoms. The molecule has 0 spiro atoms. The van der Waals surface area contributed by atoms with E-state index in [1.54, 1.807) is 12.1 Å². The number of rotatable bonds is 3. The van der Waals surface area contributed by atoms with Gasteiger partial charge >= 0.3 is 0 Å². The fraction of sp³-hybridized carbons (Fsp3) is 0.222. The zero-order valence-corrected chi connectivity index (χ0v) is 9.66. The first kappa shape index (κ1) is 12.3. The van der Waals surface area contributed by atoms with Crippen LogP contribution in [0.3, 0.4) is 0 Å². The number of guanidine groups is 1. The second-order valence-electron chi connectivity index (χ2n) is 3.21. The van der Waals surface area contributed by atoms with E-state index in [9.17, 15) is 8.42 Å². The third-order valence-corrected chi connectivity index (χ3v) is 3.36. The quantitative estimate of drug-likeness (QED) is 0.384. The number of benzene rings is 1. The molecule has 0 amide bonds. The maximum atomic E-state index is 11.8. The highest BCUT2D eigenvalue weighted by Gasteiger charge is 2.17. The lowest BCUT2D eigenvalue weighted by Gasteiger charge is -2.06. The largest absolute Gasteiger partial charge is 0.399 e. The van der Waals surface area contributed by atoms with E-state index in [2.05, 4.69) is 4.40 Å². The third kappa shape index (κ3) is 2.63. The van der Waals surface area contributed by atoms with Gasteiger partial charge in [-0.15, -0.1) is 4.40 Å². The van der Waals surface area contributed by atoms with E-state index in [0.717, 1.165) is 0 Å². The molecule has 0 atom stereocenters. The minimum Gasteiger partial charge on any atom is -0.399 e. The van der Waals surface area contributed by atoms with E-state index in [4.69, 9.17) is 17.2 Å². The molecule has 0 aliphatic carbocycles. The molecule has 1 aromatic rings. The van der Waals surface area contributed by atoms with Gasteiger partial charge in [0.1, 0.15) is 0 Å². The fourth-order valence-corrected chi connectivity index (χ4v) is 2.50. The molecule has 6 nitrogen and oxygen atoms in total. The Labute approximate surface area is 94.2 Å². The average molecular weight is 242 g/mol. The van der Waals surface area contributed by atoms with Crippen molar-refractivity contribution in [3.05, 3.63) is 23.8 Å². The standard InChI is InChI=1S/C9H14N4O2S/c1-2-6-3-4-7(10)5-8(6)16(14,15)13-9(11)12/h3-5H,2,10H2,1H3,(H4,11,12,13). The zero-order chi connectivity index (χ0) is 12.3. The molecule has 1 rings (SSSR count). The second kappa shape index (κ2) is 4.40. The molecule has 0 unspecified atom stereocenters. The van der Waals surface area contributed by atoms with Gasteiger partial charge in [0.25, 0.3) is 10.0 Å². The third-order valence-electron chi connectivity index (χ3n) is 1.98. The highest BCUT2D eigenvalue weighted by Crippen LogP contribution is 2.21. The van der Waals surface area contributed by atoms with Crippen LogP contribution in [0.4, 0.5) is 5.69 Å². The molecule has 0 saturated carbocycles. The first-order valence-corrected chi connectivity index (χ1v) is 6.05. The monoisotopic (exact) mass is 242 g/mol. The number of anilines is 1. The van der Waals surface area contributed by atoms with Crippen LogP contribution in [0, 0.1) is 0 Å². The summed E-state index contributed by atoms with van der Waals surface area (Å²) in [5, 5.41) is 0. The van der Waals surface area contributed by atoms with Crippen molar-refractivity contribution in [1.29, 1.82) is 0 Å². The summed E-state index contributed by atoms with van der Waals surface area (Å²) in [6.07, 6.45) is 0.550. The van der Waals surface area contributed by atoms with Gasteiger partial charge < -0.3 is 17.2 Å². The van der Waals surface area contributed by atoms with Gasteiger partial charge in [-0.05, 0) is 24.1 Å². The number of sulfonamides is 1. The average Bonchev–Trinajstić information content (AvgIpc) is 2.15. The van der Waals surface area contributed by atoms with Crippen LogP contribution in [0.5, 0.6) is 0 Å². The molecule has 0 aromatic heterocycles. The normalized spacial score (nSPS) is 11.1.